The first-order valence-corrected chi connectivity index (χ1v) is 10.5. The molecule has 2 fully saturated rings. The number of aliphatic hydroxyl groups excluding tert-OH is 1. The van der Waals surface area contributed by atoms with Gasteiger partial charge < -0.3 is 24.2 Å². The summed E-state index contributed by atoms with van der Waals surface area (Å²) in [6.07, 6.45) is 7.06. The van der Waals surface area contributed by atoms with Gasteiger partial charge in [-0.3, -0.25) is 0 Å². The lowest BCUT2D eigenvalue weighted by atomic mass is 9.37. The van der Waals surface area contributed by atoms with Crippen LogP contribution in [0.25, 0.3) is 0 Å². The third-order valence-corrected chi connectivity index (χ3v) is 8.91. The molecule has 1 aromatic rings. The Morgan fingerprint density at radius 3 is 2.82 bits per heavy atom. The zero-order valence-electron chi connectivity index (χ0n) is 17.1. The van der Waals surface area contributed by atoms with Gasteiger partial charge in [0.25, 0.3) is 0 Å². The topological polar surface area (TPSA) is 51.2 Å². The van der Waals surface area contributed by atoms with E-state index in [1.807, 2.05) is 6.92 Å². The van der Waals surface area contributed by atoms with Gasteiger partial charge in [0.1, 0.15) is 11.7 Å². The molecule has 0 aromatic heterocycles. The highest BCUT2D eigenvalue weighted by molar-refractivity contribution is 5.65. The van der Waals surface area contributed by atoms with Crippen LogP contribution in [0.5, 0.6) is 11.5 Å². The van der Waals surface area contributed by atoms with E-state index in [1.54, 1.807) is 14.2 Å². The van der Waals surface area contributed by atoms with Crippen LogP contribution in [0.3, 0.4) is 0 Å². The minimum absolute atomic E-state index is 0.0106. The zero-order valence-corrected chi connectivity index (χ0v) is 17.1. The van der Waals surface area contributed by atoms with Gasteiger partial charge in [-0.05, 0) is 51.4 Å². The number of nitrogens with zero attached hydrogens (tertiary/aromatic N) is 1. The minimum atomic E-state index is -0.616. The lowest BCUT2D eigenvalue weighted by molar-refractivity contribution is -0.228. The lowest BCUT2D eigenvalue weighted by Gasteiger charge is -2.71. The van der Waals surface area contributed by atoms with Gasteiger partial charge in [-0.1, -0.05) is 18.2 Å². The third kappa shape index (κ3) is 1.54. The van der Waals surface area contributed by atoms with Crippen molar-refractivity contribution in [2.45, 2.75) is 55.5 Å². The van der Waals surface area contributed by atoms with E-state index < -0.39 is 11.7 Å². The van der Waals surface area contributed by atoms with Gasteiger partial charge >= 0.3 is 0 Å². The Labute approximate surface area is 166 Å². The van der Waals surface area contributed by atoms with Crippen molar-refractivity contribution >= 4 is 0 Å². The fourth-order valence-electron chi connectivity index (χ4n) is 7.81. The molecule has 1 saturated heterocycles. The Hall–Kier alpha value is -1.56. The smallest absolute Gasteiger partial charge is 0.166 e. The van der Waals surface area contributed by atoms with Gasteiger partial charge in [-0.2, -0.15) is 0 Å². The van der Waals surface area contributed by atoms with E-state index >= 15 is 0 Å². The number of hydrogen-bond donors (Lipinski definition) is 1. The largest absolute Gasteiger partial charge is 0.493 e. The average Bonchev–Trinajstić information content (AvgIpc) is 3.07. The van der Waals surface area contributed by atoms with Crippen molar-refractivity contribution in [3.8, 4) is 11.5 Å². The summed E-state index contributed by atoms with van der Waals surface area (Å²) in [5.41, 5.74) is 1.97. The van der Waals surface area contributed by atoms with Crippen LogP contribution in [0, 0.1) is 11.3 Å². The predicted molar refractivity (Wildman–Crippen MR) is 105 cm³/mol. The Kier molecular flexibility index (Phi) is 3.17. The number of aliphatic hydroxyl groups is 1. The predicted octanol–water partition coefficient (Wildman–Crippen LogP) is 2.30. The minimum Gasteiger partial charge on any atom is -0.493 e. The first-order valence-electron chi connectivity index (χ1n) is 10.5. The van der Waals surface area contributed by atoms with Crippen LogP contribution in [0.1, 0.15) is 30.9 Å². The molecule has 1 saturated carbocycles. The molecule has 150 valence electrons. The number of benzene rings is 1. The van der Waals surface area contributed by atoms with Crippen LogP contribution in [-0.4, -0.2) is 61.7 Å². The first-order chi connectivity index (χ1) is 13.4. The van der Waals surface area contributed by atoms with Crippen LogP contribution in [-0.2, 0) is 16.6 Å². The van der Waals surface area contributed by atoms with E-state index in [9.17, 15) is 5.11 Å². The van der Waals surface area contributed by atoms with Crippen molar-refractivity contribution in [3.05, 3.63) is 35.4 Å². The zero-order chi connectivity index (χ0) is 19.5. The van der Waals surface area contributed by atoms with E-state index in [-0.39, 0.29) is 22.9 Å². The lowest BCUT2D eigenvalue weighted by Crippen LogP contribution is -2.79. The van der Waals surface area contributed by atoms with Crippen LogP contribution in [0.15, 0.2) is 24.3 Å². The average molecular weight is 383 g/mol. The van der Waals surface area contributed by atoms with Gasteiger partial charge in [0.05, 0.1) is 18.6 Å². The summed E-state index contributed by atoms with van der Waals surface area (Å²) in [6.45, 7) is 2.95. The molecule has 5 nitrogen and oxygen atoms in total. The Morgan fingerprint density at radius 1 is 1.29 bits per heavy atom. The second-order valence-corrected chi connectivity index (χ2v) is 9.53. The molecule has 2 spiro atoms. The summed E-state index contributed by atoms with van der Waals surface area (Å²) in [6, 6.07) is 4.70. The number of likely N-dealkylation sites (N-methyl/N-ethyl adjacent to an activating group) is 1. The summed E-state index contributed by atoms with van der Waals surface area (Å²) in [4.78, 5) is 2.53. The first kappa shape index (κ1) is 17.3. The van der Waals surface area contributed by atoms with Crippen LogP contribution in [0.4, 0.5) is 0 Å². The number of rotatable bonds is 3. The fourth-order valence-corrected chi connectivity index (χ4v) is 7.81. The Balaban J connectivity index is 1.71. The maximum absolute atomic E-state index is 10.8. The highest BCUT2D eigenvalue weighted by atomic mass is 16.6. The molecule has 0 unspecified atom stereocenters. The van der Waals surface area contributed by atoms with Crippen molar-refractivity contribution in [2.75, 3.05) is 27.8 Å². The standard InChI is InChI=1S/C23H29NO4/c1-13(25)15-12-21-7-8-23(15,27-4)20-22(21)9-10-24(2)17(21)11-14-5-6-16(26-3)19(28-20)18(14)22/h5-8,13,15,17,20,25H,9-12H2,1-4H3/t13-,15+,17+,20+,21+,22-,23+/m0/s1. The van der Waals surface area contributed by atoms with Gasteiger partial charge in [-0.25, -0.2) is 0 Å². The fraction of sp³-hybridized carbons (Fsp3) is 0.652. The molecule has 28 heavy (non-hydrogen) atoms. The molecule has 4 aliphatic carbocycles. The number of methoxy groups -OCH3 is 2. The van der Waals surface area contributed by atoms with E-state index in [0.29, 0.717) is 6.04 Å². The van der Waals surface area contributed by atoms with Crippen molar-refractivity contribution < 1.29 is 19.3 Å². The molecular weight excluding hydrogens is 354 g/mol. The maximum Gasteiger partial charge on any atom is 0.166 e. The molecule has 7 rings (SSSR count). The molecule has 2 heterocycles. The monoisotopic (exact) mass is 383 g/mol. The number of likely N-dealkylation sites (tertiary alicyclic amines) is 1. The quantitative estimate of drug-likeness (QED) is 0.812. The molecule has 2 aliphatic heterocycles. The van der Waals surface area contributed by atoms with Crippen molar-refractivity contribution in [3.63, 3.8) is 0 Å². The van der Waals surface area contributed by atoms with Crippen LogP contribution < -0.4 is 9.47 Å². The molecule has 1 N–H and O–H groups in total. The normalized spacial score (nSPS) is 45.5. The molecule has 6 aliphatic rings. The summed E-state index contributed by atoms with van der Waals surface area (Å²) < 4.78 is 18.8. The van der Waals surface area contributed by atoms with Crippen LogP contribution >= 0.6 is 0 Å². The number of fused-ring (bicyclic) bond motifs is 1. The van der Waals surface area contributed by atoms with Crippen molar-refractivity contribution in [1.82, 2.24) is 4.90 Å². The molecule has 4 bridgehead atoms. The van der Waals surface area contributed by atoms with Crippen molar-refractivity contribution in [1.29, 1.82) is 0 Å². The number of piperidine rings is 1. The van der Waals surface area contributed by atoms with E-state index in [0.717, 1.165) is 37.3 Å². The molecule has 5 heteroatoms. The van der Waals surface area contributed by atoms with Crippen LogP contribution in [0.2, 0.25) is 0 Å². The molecular formula is C23H29NO4. The van der Waals surface area contributed by atoms with E-state index in [1.165, 1.54) is 11.1 Å². The maximum atomic E-state index is 10.8. The third-order valence-electron chi connectivity index (χ3n) is 8.91. The molecule has 1 aromatic carbocycles. The highest BCUT2D eigenvalue weighted by Crippen LogP contribution is 2.74. The van der Waals surface area contributed by atoms with E-state index in [2.05, 4.69) is 36.2 Å². The van der Waals surface area contributed by atoms with E-state index in [4.69, 9.17) is 14.2 Å². The van der Waals surface area contributed by atoms with Gasteiger partial charge in [0.15, 0.2) is 11.5 Å². The summed E-state index contributed by atoms with van der Waals surface area (Å²) in [7, 11) is 5.74. The SMILES string of the molecule is COc1ccc2c3c1O[C@H]1[C@@]4(OC)C=C[C@@]5(C[C@@H]4[C@H](C)O)[C@@H](C2)N(C)CC[C@]315. The molecule has 0 amide bonds. The van der Waals surface area contributed by atoms with Gasteiger partial charge in [0, 0.05) is 30.0 Å². The van der Waals surface area contributed by atoms with Crippen molar-refractivity contribution in [2.24, 2.45) is 11.3 Å². The summed E-state index contributed by atoms with van der Waals surface area (Å²) >= 11 is 0. The highest BCUT2D eigenvalue weighted by Gasteiger charge is 2.79. The molecule has 0 radical (unpaired) electrons. The van der Waals surface area contributed by atoms with Gasteiger partial charge in [0.2, 0.25) is 0 Å². The Morgan fingerprint density at radius 2 is 2.11 bits per heavy atom. The summed E-state index contributed by atoms with van der Waals surface area (Å²) in [5, 5.41) is 10.8. The second-order valence-electron chi connectivity index (χ2n) is 9.53. The van der Waals surface area contributed by atoms with Gasteiger partial charge in [-0.15, -0.1) is 0 Å². The second kappa shape index (κ2) is 5.13. The summed E-state index contributed by atoms with van der Waals surface area (Å²) in [5.74, 6) is 1.74. The number of ether oxygens (including phenoxy) is 3. The Bertz CT molecular complexity index is 897. The number of hydrogen-bond acceptors (Lipinski definition) is 5. The molecule has 7 atom stereocenters.